The van der Waals surface area contributed by atoms with Gasteiger partial charge in [0.25, 0.3) is 11.5 Å². The zero-order valence-corrected chi connectivity index (χ0v) is 15.3. The first-order valence-corrected chi connectivity index (χ1v) is 9.03. The molecule has 4 rings (SSSR count). The molecule has 6 heteroatoms. The van der Waals surface area contributed by atoms with E-state index in [4.69, 9.17) is 0 Å². The summed E-state index contributed by atoms with van der Waals surface area (Å²) < 4.78 is 1.27. The first kappa shape index (κ1) is 17.3. The van der Waals surface area contributed by atoms with Crippen molar-refractivity contribution in [1.29, 1.82) is 0 Å². The van der Waals surface area contributed by atoms with Gasteiger partial charge in [-0.1, -0.05) is 12.1 Å². The Balaban J connectivity index is 1.66. The molecule has 0 bridgehead atoms. The Morgan fingerprint density at radius 2 is 2.00 bits per heavy atom. The van der Waals surface area contributed by atoms with Crippen LogP contribution in [0.4, 0.5) is 0 Å². The smallest absolute Gasteiger partial charge is 0.277 e. The molecule has 6 nitrogen and oxygen atoms in total. The van der Waals surface area contributed by atoms with Gasteiger partial charge in [0.2, 0.25) is 0 Å². The average molecular weight is 360 g/mol. The number of aromatic nitrogens is 4. The molecule has 2 aromatic heterocycles. The van der Waals surface area contributed by atoms with Crippen molar-refractivity contribution in [2.75, 3.05) is 0 Å². The van der Waals surface area contributed by atoms with E-state index in [0.29, 0.717) is 18.3 Å². The molecule has 1 aromatic carbocycles. The summed E-state index contributed by atoms with van der Waals surface area (Å²) in [5.74, 6) is 0.693. The standard InChI is InChI=1S/C21H20N4O2/c1-13-10-15(14(2)26)4-6-18(13)16-5-7-19-17(11-16)12-24-25(20(19)27)21-22-8-3-9-23-21/h3-4,6,8-10,12,16H,5,7,11H2,1-2H3. The topological polar surface area (TPSA) is 77.7 Å². The van der Waals surface area contributed by atoms with Crippen molar-refractivity contribution < 1.29 is 4.79 Å². The molecule has 0 amide bonds. The summed E-state index contributed by atoms with van der Waals surface area (Å²) in [5, 5.41) is 4.28. The maximum Gasteiger partial charge on any atom is 0.277 e. The SMILES string of the molecule is CC(=O)c1ccc(C2CCc3c(cnn(-c4ncccn4)c3=O)C2)c(C)c1. The molecule has 136 valence electrons. The van der Waals surface area contributed by atoms with Gasteiger partial charge in [-0.3, -0.25) is 9.59 Å². The van der Waals surface area contributed by atoms with Crippen molar-refractivity contribution in [3.05, 3.63) is 81.0 Å². The predicted octanol–water partition coefficient (Wildman–Crippen LogP) is 2.81. The number of rotatable bonds is 3. The van der Waals surface area contributed by atoms with Gasteiger partial charge in [-0.05, 0) is 67.9 Å². The Morgan fingerprint density at radius 1 is 1.22 bits per heavy atom. The van der Waals surface area contributed by atoms with Gasteiger partial charge in [0.05, 0.1) is 6.20 Å². The molecule has 2 heterocycles. The number of carbonyl (C=O) groups excluding carboxylic acids is 1. The van der Waals surface area contributed by atoms with Crippen LogP contribution in [0.15, 0.2) is 47.7 Å². The first-order chi connectivity index (χ1) is 13.0. The molecule has 3 aromatic rings. The summed E-state index contributed by atoms with van der Waals surface area (Å²) in [7, 11) is 0. The van der Waals surface area contributed by atoms with E-state index < -0.39 is 0 Å². The highest BCUT2D eigenvalue weighted by Crippen LogP contribution is 2.33. The van der Waals surface area contributed by atoms with Crippen molar-refractivity contribution >= 4 is 5.78 Å². The van der Waals surface area contributed by atoms with Gasteiger partial charge in [0.1, 0.15) is 0 Å². The molecular weight excluding hydrogens is 340 g/mol. The minimum Gasteiger partial charge on any atom is -0.295 e. The maximum atomic E-state index is 12.8. The fourth-order valence-electron chi connectivity index (χ4n) is 3.81. The van der Waals surface area contributed by atoms with E-state index in [1.165, 1.54) is 10.2 Å². The summed E-state index contributed by atoms with van der Waals surface area (Å²) in [5.41, 5.74) is 4.74. The largest absolute Gasteiger partial charge is 0.295 e. The van der Waals surface area contributed by atoms with E-state index in [1.54, 1.807) is 31.6 Å². The average Bonchev–Trinajstić information content (AvgIpc) is 2.68. The lowest BCUT2D eigenvalue weighted by Crippen LogP contribution is -2.30. The molecule has 0 spiro atoms. The Bertz CT molecular complexity index is 1070. The number of Topliss-reactive ketones (excluding diaryl/α,β-unsaturated/α-hetero) is 1. The van der Waals surface area contributed by atoms with Gasteiger partial charge >= 0.3 is 0 Å². The molecule has 0 radical (unpaired) electrons. The van der Waals surface area contributed by atoms with Crippen LogP contribution in [0.3, 0.4) is 0 Å². The zero-order chi connectivity index (χ0) is 19.0. The highest BCUT2D eigenvalue weighted by Gasteiger charge is 2.25. The van der Waals surface area contributed by atoms with E-state index in [1.807, 2.05) is 25.1 Å². The predicted molar refractivity (Wildman–Crippen MR) is 101 cm³/mol. The van der Waals surface area contributed by atoms with E-state index in [0.717, 1.165) is 35.1 Å². The lowest BCUT2D eigenvalue weighted by Gasteiger charge is -2.26. The number of aryl methyl sites for hydroxylation is 1. The van der Waals surface area contributed by atoms with Gasteiger partial charge in [-0.2, -0.15) is 9.78 Å². The molecule has 1 atom stereocenters. The molecule has 0 fully saturated rings. The number of fused-ring (bicyclic) bond motifs is 1. The minimum atomic E-state index is -0.138. The second kappa shape index (κ2) is 6.87. The Kier molecular flexibility index (Phi) is 4.39. The molecule has 0 aliphatic heterocycles. The Labute approximate surface area is 156 Å². The third kappa shape index (κ3) is 3.18. The van der Waals surface area contributed by atoms with Crippen LogP contribution in [0.5, 0.6) is 0 Å². The van der Waals surface area contributed by atoms with Crippen LogP contribution >= 0.6 is 0 Å². The second-order valence-electron chi connectivity index (χ2n) is 6.98. The van der Waals surface area contributed by atoms with Crippen LogP contribution in [0, 0.1) is 6.92 Å². The Morgan fingerprint density at radius 3 is 2.70 bits per heavy atom. The number of hydrogen-bond donors (Lipinski definition) is 0. The van der Waals surface area contributed by atoms with Gasteiger partial charge < -0.3 is 0 Å². The molecule has 0 N–H and O–H groups in total. The van der Waals surface area contributed by atoms with Crippen LogP contribution in [0.1, 0.15) is 51.9 Å². The lowest BCUT2D eigenvalue weighted by atomic mass is 9.79. The van der Waals surface area contributed by atoms with Crippen LogP contribution in [-0.2, 0) is 12.8 Å². The molecule has 1 aliphatic rings. The number of benzene rings is 1. The normalized spacial score (nSPS) is 16.0. The van der Waals surface area contributed by atoms with Crippen LogP contribution in [0.25, 0.3) is 5.95 Å². The maximum absolute atomic E-state index is 12.8. The quantitative estimate of drug-likeness (QED) is 0.671. The summed E-state index contributed by atoms with van der Waals surface area (Å²) >= 11 is 0. The number of ketones is 1. The minimum absolute atomic E-state index is 0.0755. The van der Waals surface area contributed by atoms with Gasteiger partial charge in [0.15, 0.2) is 5.78 Å². The fourth-order valence-corrected chi connectivity index (χ4v) is 3.81. The Hall–Kier alpha value is -3.15. The summed E-state index contributed by atoms with van der Waals surface area (Å²) in [4.78, 5) is 32.6. The molecule has 1 unspecified atom stereocenters. The highest BCUT2D eigenvalue weighted by molar-refractivity contribution is 5.94. The van der Waals surface area contributed by atoms with Crippen molar-refractivity contribution in [3.63, 3.8) is 0 Å². The molecule has 27 heavy (non-hydrogen) atoms. The van der Waals surface area contributed by atoms with Crippen molar-refractivity contribution in [2.45, 2.75) is 39.0 Å². The fraction of sp³-hybridized carbons (Fsp3) is 0.286. The van der Waals surface area contributed by atoms with Gasteiger partial charge in [-0.15, -0.1) is 0 Å². The summed E-state index contributed by atoms with van der Waals surface area (Å²) in [6.45, 7) is 3.62. The van der Waals surface area contributed by atoms with Crippen LogP contribution in [-0.4, -0.2) is 25.5 Å². The number of hydrogen-bond acceptors (Lipinski definition) is 5. The van der Waals surface area contributed by atoms with Crippen molar-refractivity contribution in [2.24, 2.45) is 0 Å². The first-order valence-electron chi connectivity index (χ1n) is 9.03. The molecular formula is C21H20N4O2. The molecule has 1 aliphatic carbocycles. The van der Waals surface area contributed by atoms with Gasteiger partial charge in [-0.25, -0.2) is 9.97 Å². The molecule has 0 saturated heterocycles. The van der Waals surface area contributed by atoms with E-state index in [-0.39, 0.29) is 11.3 Å². The lowest BCUT2D eigenvalue weighted by molar-refractivity contribution is 0.101. The third-order valence-electron chi connectivity index (χ3n) is 5.23. The third-order valence-corrected chi connectivity index (χ3v) is 5.23. The monoisotopic (exact) mass is 360 g/mol. The van der Waals surface area contributed by atoms with Crippen molar-refractivity contribution in [1.82, 2.24) is 19.7 Å². The number of carbonyl (C=O) groups is 1. The van der Waals surface area contributed by atoms with Gasteiger partial charge in [0, 0.05) is 23.5 Å². The summed E-state index contributed by atoms with van der Waals surface area (Å²) in [6, 6.07) is 7.60. The molecule has 0 saturated carbocycles. The zero-order valence-electron chi connectivity index (χ0n) is 15.3. The van der Waals surface area contributed by atoms with Crippen LogP contribution < -0.4 is 5.56 Å². The van der Waals surface area contributed by atoms with E-state index in [2.05, 4.69) is 15.1 Å². The van der Waals surface area contributed by atoms with Crippen LogP contribution in [0.2, 0.25) is 0 Å². The number of nitrogens with zero attached hydrogens (tertiary/aromatic N) is 4. The van der Waals surface area contributed by atoms with E-state index in [9.17, 15) is 9.59 Å². The summed E-state index contributed by atoms with van der Waals surface area (Å²) in [6.07, 6.45) is 7.32. The van der Waals surface area contributed by atoms with Crippen molar-refractivity contribution in [3.8, 4) is 5.95 Å². The van der Waals surface area contributed by atoms with E-state index >= 15 is 0 Å². The highest BCUT2D eigenvalue weighted by atomic mass is 16.1. The second-order valence-corrected chi connectivity index (χ2v) is 6.98.